The second kappa shape index (κ2) is 7.49. The summed E-state index contributed by atoms with van der Waals surface area (Å²) in [5.41, 5.74) is 6.18. The van der Waals surface area contributed by atoms with E-state index < -0.39 is 5.91 Å². The highest BCUT2D eigenvalue weighted by atomic mass is 32.2. The Morgan fingerprint density at radius 3 is 2.68 bits per heavy atom. The first-order chi connectivity index (χ1) is 12.0. The number of hydrogen-bond donors (Lipinski definition) is 3. The SMILES string of the molecule is C[C@@H](Sc1n[nH]c(-c2cccs2)n1)C(=O)Nc1ccc(C(N)=O)cc1. The molecular formula is C16H15N5O2S2. The molecule has 25 heavy (non-hydrogen) atoms. The van der Waals surface area contributed by atoms with E-state index in [0.29, 0.717) is 22.2 Å². The molecule has 0 aliphatic rings. The number of aromatic amines is 1. The molecule has 3 rings (SSSR count). The number of nitrogens with two attached hydrogens (primary N) is 1. The Labute approximate surface area is 152 Å². The molecule has 0 spiro atoms. The minimum absolute atomic E-state index is 0.181. The second-order valence-electron chi connectivity index (χ2n) is 5.13. The van der Waals surface area contributed by atoms with E-state index in [9.17, 15) is 9.59 Å². The first-order valence-electron chi connectivity index (χ1n) is 7.36. The number of nitrogens with one attached hydrogen (secondary N) is 2. The zero-order valence-corrected chi connectivity index (χ0v) is 14.9. The Bertz CT molecular complexity index is 874. The maximum Gasteiger partial charge on any atom is 0.248 e. The lowest BCUT2D eigenvalue weighted by atomic mass is 10.2. The fraction of sp³-hybridized carbons (Fsp3) is 0.125. The molecule has 0 saturated heterocycles. The van der Waals surface area contributed by atoms with E-state index in [1.165, 1.54) is 11.8 Å². The Kier molecular flexibility index (Phi) is 5.15. The molecule has 4 N–H and O–H groups in total. The lowest BCUT2D eigenvalue weighted by Gasteiger charge is -2.10. The van der Waals surface area contributed by atoms with Gasteiger partial charge in [0.15, 0.2) is 5.82 Å². The largest absolute Gasteiger partial charge is 0.366 e. The van der Waals surface area contributed by atoms with E-state index in [0.717, 1.165) is 4.88 Å². The van der Waals surface area contributed by atoms with E-state index in [2.05, 4.69) is 20.5 Å². The Morgan fingerprint density at radius 1 is 1.28 bits per heavy atom. The number of carbonyl (C=O) groups excluding carboxylic acids is 2. The zero-order valence-electron chi connectivity index (χ0n) is 13.2. The molecule has 0 aliphatic carbocycles. The van der Waals surface area contributed by atoms with Gasteiger partial charge in [-0.2, -0.15) is 0 Å². The minimum atomic E-state index is -0.507. The van der Waals surface area contributed by atoms with Crippen molar-refractivity contribution >= 4 is 40.6 Å². The molecule has 1 atom stereocenters. The van der Waals surface area contributed by atoms with Gasteiger partial charge in [-0.25, -0.2) is 4.98 Å². The third-order valence-electron chi connectivity index (χ3n) is 3.31. The van der Waals surface area contributed by atoms with Gasteiger partial charge < -0.3 is 11.1 Å². The van der Waals surface area contributed by atoms with Crippen molar-refractivity contribution in [2.75, 3.05) is 5.32 Å². The van der Waals surface area contributed by atoms with Crippen molar-refractivity contribution in [1.29, 1.82) is 0 Å². The van der Waals surface area contributed by atoms with Gasteiger partial charge in [-0.05, 0) is 42.6 Å². The Morgan fingerprint density at radius 2 is 2.04 bits per heavy atom. The second-order valence-corrected chi connectivity index (χ2v) is 7.39. The van der Waals surface area contributed by atoms with Gasteiger partial charge in [-0.3, -0.25) is 14.7 Å². The Hall–Kier alpha value is -2.65. The van der Waals surface area contributed by atoms with Crippen molar-refractivity contribution in [3.8, 4) is 10.7 Å². The summed E-state index contributed by atoms with van der Waals surface area (Å²) in [6, 6.07) is 10.3. The molecule has 9 heteroatoms. The van der Waals surface area contributed by atoms with Crippen LogP contribution in [0.15, 0.2) is 46.9 Å². The number of aromatic nitrogens is 3. The van der Waals surface area contributed by atoms with Crippen molar-refractivity contribution in [2.45, 2.75) is 17.3 Å². The van der Waals surface area contributed by atoms with Crippen LogP contribution < -0.4 is 11.1 Å². The molecule has 2 amide bonds. The highest BCUT2D eigenvalue weighted by molar-refractivity contribution is 8.00. The molecule has 0 unspecified atom stereocenters. The summed E-state index contributed by atoms with van der Waals surface area (Å²) in [4.78, 5) is 28.7. The number of anilines is 1. The van der Waals surface area contributed by atoms with Gasteiger partial charge in [0.25, 0.3) is 0 Å². The molecule has 0 saturated carbocycles. The van der Waals surface area contributed by atoms with Crippen LogP contribution in [0.25, 0.3) is 10.7 Å². The summed E-state index contributed by atoms with van der Waals surface area (Å²) < 4.78 is 0. The lowest BCUT2D eigenvalue weighted by Crippen LogP contribution is -2.22. The Balaban J connectivity index is 1.60. The molecule has 7 nitrogen and oxygen atoms in total. The van der Waals surface area contributed by atoms with E-state index in [1.54, 1.807) is 42.5 Å². The van der Waals surface area contributed by atoms with Crippen LogP contribution in [0.1, 0.15) is 17.3 Å². The molecule has 3 aromatic rings. The molecule has 1 aromatic carbocycles. The third-order valence-corrected chi connectivity index (χ3v) is 5.15. The van der Waals surface area contributed by atoms with Crippen molar-refractivity contribution in [2.24, 2.45) is 5.73 Å². The number of amides is 2. The van der Waals surface area contributed by atoms with Gasteiger partial charge in [-0.15, -0.1) is 16.4 Å². The van der Waals surface area contributed by atoms with Gasteiger partial charge in [0.1, 0.15) is 0 Å². The molecule has 2 aromatic heterocycles. The first-order valence-corrected chi connectivity index (χ1v) is 9.12. The maximum atomic E-state index is 12.3. The predicted molar refractivity (Wildman–Crippen MR) is 98.6 cm³/mol. The number of carbonyl (C=O) groups is 2. The summed E-state index contributed by atoms with van der Waals surface area (Å²) in [5, 5.41) is 11.9. The quantitative estimate of drug-likeness (QED) is 0.575. The van der Waals surface area contributed by atoms with Crippen molar-refractivity contribution in [3.05, 3.63) is 47.3 Å². The van der Waals surface area contributed by atoms with Crippen molar-refractivity contribution in [1.82, 2.24) is 15.2 Å². The van der Waals surface area contributed by atoms with Crippen LogP contribution in [-0.4, -0.2) is 32.2 Å². The van der Waals surface area contributed by atoms with Crippen LogP contribution in [0, 0.1) is 0 Å². The highest BCUT2D eigenvalue weighted by Gasteiger charge is 2.18. The summed E-state index contributed by atoms with van der Waals surface area (Å²) in [5.74, 6) is -0.000557. The highest BCUT2D eigenvalue weighted by Crippen LogP contribution is 2.25. The number of rotatable bonds is 6. The number of benzene rings is 1. The predicted octanol–water partition coefficient (Wildman–Crippen LogP) is 2.75. The molecular weight excluding hydrogens is 358 g/mol. The minimum Gasteiger partial charge on any atom is -0.366 e. The standard InChI is InChI=1S/C16H15N5O2S2/c1-9(15(23)18-11-6-4-10(5-7-11)13(17)22)25-16-19-14(20-21-16)12-3-2-8-24-12/h2-9H,1H3,(H2,17,22)(H,18,23)(H,19,20,21)/t9-/m1/s1. The van der Waals surface area contributed by atoms with E-state index in [1.807, 2.05) is 17.5 Å². The third kappa shape index (κ3) is 4.25. The summed E-state index contributed by atoms with van der Waals surface area (Å²) in [6.07, 6.45) is 0. The van der Waals surface area contributed by atoms with E-state index in [4.69, 9.17) is 5.73 Å². The summed E-state index contributed by atoms with van der Waals surface area (Å²) >= 11 is 2.83. The van der Waals surface area contributed by atoms with Crippen LogP contribution in [0.5, 0.6) is 0 Å². The van der Waals surface area contributed by atoms with E-state index in [-0.39, 0.29) is 11.2 Å². The first kappa shape index (κ1) is 17.2. The number of nitrogens with zero attached hydrogens (tertiary/aromatic N) is 2. The number of primary amides is 1. The monoisotopic (exact) mass is 373 g/mol. The van der Waals surface area contributed by atoms with Gasteiger partial charge in [-0.1, -0.05) is 17.8 Å². The summed E-state index contributed by atoms with van der Waals surface area (Å²) in [7, 11) is 0. The van der Waals surface area contributed by atoms with Gasteiger partial charge in [0, 0.05) is 11.3 Å². The zero-order chi connectivity index (χ0) is 17.8. The van der Waals surface area contributed by atoms with Crippen LogP contribution in [0.3, 0.4) is 0 Å². The molecule has 128 valence electrons. The van der Waals surface area contributed by atoms with Crippen molar-refractivity contribution < 1.29 is 9.59 Å². The fourth-order valence-corrected chi connectivity index (χ4v) is 3.38. The number of thioether (sulfide) groups is 1. The number of hydrogen-bond acceptors (Lipinski definition) is 6. The normalized spacial score (nSPS) is 11.9. The molecule has 2 heterocycles. The van der Waals surface area contributed by atoms with Crippen LogP contribution >= 0.6 is 23.1 Å². The topological polar surface area (TPSA) is 114 Å². The lowest BCUT2D eigenvalue weighted by molar-refractivity contribution is -0.115. The molecule has 0 aliphatic heterocycles. The van der Waals surface area contributed by atoms with E-state index >= 15 is 0 Å². The maximum absolute atomic E-state index is 12.3. The van der Waals surface area contributed by atoms with Crippen LogP contribution in [-0.2, 0) is 4.79 Å². The average Bonchev–Trinajstić information content (AvgIpc) is 3.26. The van der Waals surface area contributed by atoms with Gasteiger partial charge in [0.2, 0.25) is 17.0 Å². The van der Waals surface area contributed by atoms with Crippen molar-refractivity contribution in [3.63, 3.8) is 0 Å². The van der Waals surface area contributed by atoms with Crippen LogP contribution in [0.4, 0.5) is 5.69 Å². The van der Waals surface area contributed by atoms with Crippen LogP contribution in [0.2, 0.25) is 0 Å². The van der Waals surface area contributed by atoms with Gasteiger partial charge >= 0.3 is 0 Å². The summed E-state index contributed by atoms with van der Waals surface area (Å²) in [6.45, 7) is 1.78. The molecule has 0 radical (unpaired) electrons. The fourth-order valence-electron chi connectivity index (χ4n) is 2.00. The smallest absolute Gasteiger partial charge is 0.248 e. The molecule has 0 bridgehead atoms. The number of H-pyrrole nitrogens is 1. The molecule has 0 fully saturated rings. The number of thiophene rings is 1. The average molecular weight is 373 g/mol. The van der Waals surface area contributed by atoms with Gasteiger partial charge in [0.05, 0.1) is 10.1 Å².